The predicted octanol–water partition coefficient (Wildman–Crippen LogP) is 3.35. The highest BCUT2D eigenvalue weighted by Crippen LogP contribution is 2.37. The average Bonchev–Trinajstić information content (AvgIpc) is 2.55. The molecule has 0 saturated heterocycles. The topological polar surface area (TPSA) is 57.7 Å². The second-order valence-electron chi connectivity index (χ2n) is 5.43. The van der Waals surface area contributed by atoms with Crippen molar-refractivity contribution >= 4 is 46.0 Å². The van der Waals surface area contributed by atoms with E-state index in [1.165, 1.54) is 11.8 Å². The predicted molar refractivity (Wildman–Crippen MR) is 88.6 cm³/mol. The molecule has 0 unspecified atom stereocenters. The summed E-state index contributed by atoms with van der Waals surface area (Å²) in [7, 11) is 0. The van der Waals surface area contributed by atoms with Gasteiger partial charge in [0.1, 0.15) is 0 Å². The lowest BCUT2D eigenvalue weighted by Gasteiger charge is -2.29. The number of amides is 3. The number of nitrogens with zero attached hydrogens (tertiary/aromatic N) is 2. The number of imide groups is 1. The van der Waals surface area contributed by atoms with Gasteiger partial charge in [-0.2, -0.15) is 0 Å². The van der Waals surface area contributed by atoms with E-state index in [1.807, 2.05) is 13.0 Å². The second kappa shape index (κ2) is 5.66. The van der Waals surface area contributed by atoms with Crippen LogP contribution in [0.15, 0.2) is 30.3 Å². The van der Waals surface area contributed by atoms with Crippen molar-refractivity contribution in [1.82, 2.24) is 4.90 Å². The van der Waals surface area contributed by atoms with Crippen LogP contribution in [-0.2, 0) is 4.79 Å². The molecule has 1 aliphatic heterocycles. The first-order valence-electron chi connectivity index (χ1n) is 7.35. The SMILES string of the molecule is CCCN1C(=O)c2cccc3ccc(N(Cl)C(C)=O)c(c23)C1=O. The fourth-order valence-electron chi connectivity index (χ4n) is 2.90. The van der Waals surface area contributed by atoms with Gasteiger partial charge in [-0.15, -0.1) is 0 Å². The monoisotopic (exact) mass is 330 g/mol. The first-order valence-corrected chi connectivity index (χ1v) is 7.69. The number of hydrogen-bond acceptors (Lipinski definition) is 3. The number of benzene rings is 2. The lowest BCUT2D eigenvalue weighted by atomic mass is 9.92. The van der Waals surface area contributed by atoms with Gasteiger partial charge in [0, 0.05) is 36.2 Å². The summed E-state index contributed by atoms with van der Waals surface area (Å²) in [5.74, 6) is -1.12. The van der Waals surface area contributed by atoms with Gasteiger partial charge in [0.05, 0.1) is 11.3 Å². The zero-order valence-corrected chi connectivity index (χ0v) is 13.6. The van der Waals surface area contributed by atoms with Crippen molar-refractivity contribution in [2.24, 2.45) is 0 Å². The quantitative estimate of drug-likeness (QED) is 0.640. The number of halogens is 1. The number of carbonyl (C=O) groups excluding carboxylic acids is 3. The van der Waals surface area contributed by atoms with Gasteiger partial charge >= 0.3 is 0 Å². The Morgan fingerprint density at radius 1 is 1.17 bits per heavy atom. The Morgan fingerprint density at radius 2 is 1.91 bits per heavy atom. The summed E-state index contributed by atoms with van der Waals surface area (Å²) in [6.45, 7) is 3.54. The molecule has 118 valence electrons. The molecule has 6 heteroatoms. The van der Waals surface area contributed by atoms with Gasteiger partial charge in [-0.1, -0.05) is 25.1 Å². The molecule has 23 heavy (non-hydrogen) atoms. The third-order valence-corrected chi connectivity index (χ3v) is 4.31. The maximum absolute atomic E-state index is 12.9. The van der Waals surface area contributed by atoms with Crippen molar-refractivity contribution in [1.29, 1.82) is 0 Å². The first kappa shape index (κ1) is 15.5. The van der Waals surface area contributed by atoms with Gasteiger partial charge in [-0.05, 0) is 23.9 Å². The van der Waals surface area contributed by atoms with Crippen LogP contribution in [0.3, 0.4) is 0 Å². The van der Waals surface area contributed by atoms with Crippen molar-refractivity contribution in [2.75, 3.05) is 11.0 Å². The highest BCUT2D eigenvalue weighted by molar-refractivity contribution is 6.39. The van der Waals surface area contributed by atoms with Crippen molar-refractivity contribution in [3.8, 4) is 0 Å². The van der Waals surface area contributed by atoms with E-state index in [0.29, 0.717) is 35.2 Å². The number of anilines is 1. The van der Waals surface area contributed by atoms with Crippen LogP contribution < -0.4 is 4.42 Å². The molecule has 0 atom stereocenters. The Balaban J connectivity index is 2.36. The van der Waals surface area contributed by atoms with E-state index in [0.717, 1.165) is 9.81 Å². The number of rotatable bonds is 3. The van der Waals surface area contributed by atoms with E-state index in [-0.39, 0.29) is 5.91 Å². The van der Waals surface area contributed by atoms with Crippen LogP contribution in [-0.4, -0.2) is 29.2 Å². The molecule has 5 nitrogen and oxygen atoms in total. The van der Waals surface area contributed by atoms with E-state index in [1.54, 1.807) is 24.3 Å². The molecule has 0 fully saturated rings. The Labute approximate surface area is 138 Å². The molecule has 3 rings (SSSR count). The average molecular weight is 331 g/mol. The minimum absolute atomic E-state index is 0.302. The van der Waals surface area contributed by atoms with Crippen LogP contribution in [0.25, 0.3) is 10.8 Å². The maximum atomic E-state index is 12.9. The fourth-order valence-corrected chi connectivity index (χ4v) is 3.04. The Kier molecular flexibility index (Phi) is 3.82. The first-order chi connectivity index (χ1) is 11.0. The minimum atomic E-state index is -0.414. The van der Waals surface area contributed by atoms with Crippen molar-refractivity contribution < 1.29 is 14.4 Å². The van der Waals surface area contributed by atoms with Gasteiger partial charge in [-0.25, -0.2) is 4.42 Å². The van der Waals surface area contributed by atoms with Gasteiger partial charge in [0.15, 0.2) is 0 Å². The van der Waals surface area contributed by atoms with E-state index < -0.39 is 11.8 Å². The van der Waals surface area contributed by atoms with Crippen molar-refractivity contribution in [2.45, 2.75) is 20.3 Å². The molecule has 0 aliphatic carbocycles. The highest BCUT2D eigenvalue weighted by Gasteiger charge is 2.35. The maximum Gasteiger partial charge on any atom is 0.263 e. The molecule has 3 amide bonds. The molecular formula is C17H15ClN2O3. The number of carbonyl (C=O) groups is 3. The normalized spacial score (nSPS) is 13.6. The summed E-state index contributed by atoms with van der Waals surface area (Å²) >= 11 is 6.06. The summed E-state index contributed by atoms with van der Waals surface area (Å²) in [6.07, 6.45) is 0.655. The summed E-state index contributed by atoms with van der Waals surface area (Å²) < 4.78 is 0.920. The number of hydrogen-bond donors (Lipinski definition) is 0. The Hall–Kier alpha value is -2.40. The third-order valence-electron chi connectivity index (χ3n) is 3.89. The van der Waals surface area contributed by atoms with E-state index in [9.17, 15) is 14.4 Å². The van der Waals surface area contributed by atoms with Crippen LogP contribution in [0, 0.1) is 0 Å². The Bertz CT molecular complexity index is 847. The fraction of sp³-hybridized carbons (Fsp3) is 0.235. The summed E-state index contributed by atoms with van der Waals surface area (Å²) in [5.41, 5.74) is 1.06. The largest absolute Gasteiger partial charge is 0.274 e. The lowest BCUT2D eigenvalue weighted by Crippen LogP contribution is -2.41. The van der Waals surface area contributed by atoms with E-state index >= 15 is 0 Å². The van der Waals surface area contributed by atoms with Crippen LogP contribution >= 0.6 is 11.8 Å². The smallest absolute Gasteiger partial charge is 0.263 e. The van der Waals surface area contributed by atoms with Gasteiger partial charge in [0.2, 0.25) is 5.91 Å². The molecule has 0 saturated carbocycles. The van der Waals surface area contributed by atoms with Gasteiger partial charge in [-0.3, -0.25) is 19.3 Å². The molecule has 1 aliphatic rings. The molecule has 0 N–H and O–H groups in total. The van der Waals surface area contributed by atoms with Crippen LogP contribution in [0.5, 0.6) is 0 Å². The lowest BCUT2D eigenvalue weighted by molar-refractivity contribution is -0.115. The van der Waals surface area contributed by atoms with Crippen molar-refractivity contribution in [3.05, 3.63) is 41.5 Å². The molecule has 2 aromatic carbocycles. The summed E-state index contributed by atoms with van der Waals surface area (Å²) in [4.78, 5) is 38.3. The van der Waals surface area contributed by atoms with Gasteiger partial charge in [0.25, 0.3) is 11.8 Å². The molecule has 0 bridgehead atoms. The molecular weight excluding hydrogens is 316 g/mol. The van der Waals surface area contributed by atoms with E-state index in [2.05, 4.69) is 0 Å². The second-order valence-corrected chi connectivity index (χ2v) is 5.76. The van der Waals surface area contributed by atoms with Crippen molar-refractivity contribution in [3.63, 3.8) is 0 Å². The molecule has 2 aromatic rings. The third kappa shape index (κ3) is 2.28. The zero-order valence-electron chi connectivity index (χ0n) is 12.8. The summed E-state index contributed by atoms with van der Waals surface area (Å²) in [5, 5.41) is 1.33. The highest BCUT2D eigenvalue weighted by atomic mass is 35.5. The summed E-state index contributed by atoms with van der Waals surface area (Å²) in [6, 6.07) is 8.69. The van der Waals surface area contributed by atoms with Crippen LogP contribution in [0.1, 0.15) is 41.0 Å². The van der Waals surface area contributed by atoms with E-state index in [4.69, 9.17) is 11.8 Å². The van der Waals surface area contributed by atoms with Gasteiger partial charge < -0.3 is 0 Å². The minimum Gasteiger partial charge on any atom is -0.274 e. The zero-order chi connectivity index (χ0) is 16.7. The van der Waals surface area contributed by atoms with Crippen LogP contribution in [0.2, 0.25) is 0 Å². The Morgan fingerprint density at radius 3 is 2.57 bits per heavy atom. The molecule has 0 radical (unpaired) electrons. The standard InChI is InChI=1S/C17H15ClN2O3/c1-3-9-19-16(22)12-6-4-5-11-7-8-13(20(18)10(2)21)15(14(11)12)17(19)23/h4-8H,3,9H2,1-2H3. The van der Waals surface area contributed by atoms with Crippen LogP contribution in [0.4, 0.5) is 5.69 Å². The molecule has 1 heterocycles. The molecule has 0 spiro atoms. The molecule has 0 aromatic heterocycles.